The summed E-state index contributed by atoms with van der Waals surface area (Å²) in [6.45, 7) is 1.91. The highest BCUT2D eigenvalue weighted by Crippen LogP contribution is 2.22. The molecular formula is C14H23N3O2S. The fraction of sp³-hybridized carbons (Fsp3) is 0.571. The van der Waals surface area contributed by atoms with E-state index < -0.39 is 10.0 Å². The Kier molecular flexibility index (Phi) is 5.01. The third-order valence-corrected chi connectivity index (χ3v) is 4.71. The van der Waals surface area contributed by atoms with Gasteiger partial charge in [-0.25, -0.2) is 13.1 Å². The maximum Gasteiger partial charge on any atom is 0.240 e. The van der Waals surface area contributed by atoms with Gasteiger partial charge in [0.15, 0.2) is 0 Å². The first kappa shape index (κ1) is 15.3. The first-order valence-corrected chi connectivity index (χ1v) is 8.47. The van der Waals surface area contributed by atoms with Gasteiger partial charge in [0.1, 0.15) is 0 Å². The summed E-state index contributed by atoms with van der Waals surface area (Å²) in [5, 5.41) is 3.29. The van der Waals surface area contributed by atoms with Crippen molar-refractivity contribution in [1.29, 1.82) is 0 Å². The fourth-order valence-corrected chi connectivity index (χ4v) is 3.17. The number of sulfonamides is 1. The molecule has 6 heteroatoms. The van der Waals surface area contributed by atoms with Crippen molar-refractivity contribution < 1.29 is 8.42 Å². The Labute approximate surface area is 121 Å². The molecule has 0 atom stereocenters. The van der Waals surface area contributed by atoms with Crippen LogP contribution < -0.4 is 10.0 Å². The predicted molar refractivity (Wildman–Crippen MR) is 81.4 cm³/mol. The average Bonchev–Trinajstić information content (AvgIpc) is 3.18. The summed E-state index contributed by atoms with van der Waals surface area (Å²) in [6, 6.07) is 7.08. The molecule has 0 aromatic heterocycles. The van der Waals surface area contributed by atoms with Crippen LogP contribution in [-0.4, -0.2) is 46.5 Å². The molecule has 0 heterocycles. The summed E-state index contributed by atoms with van der Waals surface area (Å²) in [5.41, 5.74) is 0.953. The Bertz CT molecular complexity index is 522. The maximum atomic E-state index is 12.0. The number of hydrogen-bond acceptors (Lipinski definition) is 4. The molecule has 1 fully saturated rings. The number of benzene rings is 1. The van der Waals surface area contributed by atoms with E-state index in [0.717, 1.165) is 38.0 Å². The van der Waals surface area contributed by atoms with Crippen LogP contribution in [0.5, 0.6) is 0 Å². The van der Waals surface area contributed by atoms with E-state index in [-0.39, 0.29) is 6.04 Å². The first-order chi connectivity index (χ1) is 9.47. The molecule has 112 valence electrons. The number of nitrogens with one attached hydrogen (secondary N) is 2. The largest absolute Gasteiger partial charge is 0.385 e. The van der Waals surface area contributed by atoms with Crippen LogP contribution in [0.15, 0.2) is 29.2 Å². The van der Waals surface area contributed by atoms with Crippen LogP contribution in [0.25, 0.3) is 0 Å². The SMILES string of the molecule is CN(C)CCCNc1ccc(S(=O)(=O)NC2CC2)cc1. The molecule has 1 aromatic rings. The van der Waals surface area contributed by atoms with Crippen LogP contribution in [0.1, 0.15) is 19.3 Å². The molecule has 1 aliphatic rings. The van der Waals surface area contributed by atoms with Gasteiger partial charge in [-0.15, -0.1) is 0 Å². The molecule has 0 amide bonds. The topological polar surface area (TPSA) is 61.4 Å². The molecule has 0 radical (unpaired) electrons. The average molecular weight is 297 g/mol. The Morgan fingerprint density at radius 3 is 2.40 bits per heavy atom. The summed E-state index contributed by atoms with van der Waals surface area (Å²) in [5.74, 6) is 0. The summed E-state index contributed by atoms with van der Waals surface area (Å²) in [6.07, 6.45) is 2.95. The molecule has 1 aliphatic carbocycles. The second kappa shape index (κ2) is 6.56. The van der Waals surface area contributed by atoms with Crippen LogP contribution in [0.3, 0.4) is 0 Å². The summed E-state index contributed by atoms with van der Waals surface area (Å²) < 4.78 is 26.7. The molecule has 0 spiro atoms. The van der Waals surface area contributed by atoms with Crippen molar-refractivity contribution in [2.45, 2.75) is 30.2 Å². The van der Waals surface area contributed by atoms with Crippen LogP contribution in [-0.2, 0) is 10.0 Å². The van der Waals surface area contributed by atoms with Crippen LogP contribution in [0.4, 0.5) is 5.69 Å². The zero-order valence-electron chi connectivity index (χ0n) is 12.1. The second-order valence-corrected chi connectivity index (χ2v) is 7.22. The highest BCUT2D eigenvalue weighted by atomic mass is 32.2. The number of nitrogens with zero attached hydrogens (tertiary/aromatic N) is 1. The fourth-order valence-electron chi connectivity index (χ4n) is 1.87. The minimum absolute atomic E-state index is 0.142. The third kappa shape index (κ3) is 4.77. The summed E-state index contributed by atoms with van der Waals surface area (Å²) >= 11 is 0. The smallest absolute Gasteiger partial charge is 0.240 e. The van der Waals surface area contributed by atoms with Gasteiger partial charge in [0.05, 0.1) is 4.90 Å². The molecular weight excluding hydrogens is 274 g/mol. The van der Waals surface area contributed by atoms with Gasteiger partial charge in [0.2, 0.25) is 10.0 Å². The molecule has 0 aliphatic heterocycles. The Balaban J connectivity index is 1.85. The zero-order chi connectivity index (χ0) is 14.6. The third-order valence-electron chi connectivity index (χ3n) is 3.18. The molecule has 1 saturated carbocycles. The second-order valence-electron chi connectivity index (χ2n) is 5.50. The number of rotatable bonds is 8. The van der Waals surface area contributed by atoms with E-state index in [1.54, 1.807) is 12.1 Å². The van der Waals surface area contributed by atoms with Gasteiger partial charge < -0.3 is 10.2 Å². The van der Waals surface area contributed by atoms with Gasteiger partial charge in [0, 0.05) is 18.3 Å². The molecule has 0 saturated heterocycles. The van der Waals surface area contributed by atoms with Gasteiger partial charge in [-0.2, -0.15) is 0 Å². The van der Waals surface area contributed by atoms with Crippen molar-refractivity contribution in [3.05, 3.63) is 24.3 Å². The van der Waals surface area contributed by atoms with Crippen molar-refractivity contribution in [3.8, 4) is 0 Å². The lowest BCUT2D eigenvalue weighted by Gasteiger charge is -2.11. The van der Waals surface area contributed by atoms with Gasteiger partial charge in [-0.05, 0) is 64.2 Å². The standard InChI is InChI=1S/C14H23N3O2S/c1-17(2)11-3-10-15-12-6-8-14(9-7-12)20(18,19)16-13-4-5-13/h6-9,13,15-16H,3-5,10-11H2,1-2H3. The number of hydrogen-bond donors (Lipinski definition) is 2. The van der Waals surface area contributed by atoms with E-state index in [0.29, 0.717) is 4.90 Å². The summed E-state index contributed by atoms with van der Waals surface area (Å²) in [4.78, 5) is 2.48. The van der Waals surface area contributed by atoms with E-state index in [1.165, 1.54) is 0 Å². The van der Waals surface area contributed by atoms with Gasteiger partial charge >= 0.3 is 0 Å². The Morgan fingerprint density at radius 2 is 1.85 bits per heavy atom. The van der Waals surface area contributed by atoms with Gasteiger partial charge in [-0.1, -0.05) is 0 Å². The molecule has 1 aromatic carbocycles. The highest BCUT2D eigenvalue weighted by Gasteiger charge is 2.27. The lowest BCUT2D eigenvalue weighted by Crippen LogP contribution is -2.25. The van der Waals surface area contributed by atoms with E-state index in [2.05, 4.69) is 14.9 Å². The highest BCUT2D eigenvalue weighted by molar-refractivity contribution is 7.89. The van der Waals surface area contributed by atoms with Gasteiger partial charge in [0.25, 0.3) is 0 Å². The molecule has 5 nitrogen and oxygen atoms in total. The molecule has 2 rings (SSSR count). The van der Waals surface area contributed by atoms with Crippen LogP contribution in [0, 0.1) is 0 Å². The van der Waals surface area contributed by atoms with Crippen LogP contribution >= 0.6 is 0 Å². The summed E-state index contributed by atoms with van der Waals surface area (Å²) in [7, 11) is 0.762. The predicted octanol–water partition coefficient (Wildman–Crippen LogP) is 1.49. The lowest BCUT2D eigenvalue weighted by molar-refractivity contribution is 0.405. The quantitative estimate of drug-likeness (QED) is 0.714. The zero-order valence-corrected chi connectivity index (χ0v) is 12.9. The minimum atomic E-state index is -3.33. The lowest BCUT2D eigenvalue weighted by atomic mass is 10.3. The van der Waals surface area contributed by atoms with Crippen molar-refractivity contribution >= 4 is 15.7 Å². The molecule has 0 bridgehead atoms. The van der Waals surface area contributed by atoms with Crippen molar-refractivity contribution in [3.63, 3.8) is 0 Å². The van der Waals surface area contributed by atoms with E-state index in [9.17, 15) is 8.42 Å². The molecule has 0 unspecified atom stereocenters. The van der Waals surface area contributed by atoms with Crippen molar-refractivity contribution in [2.75, 3.05) is 32.5 Å². The van der Waals surface area contributed by atoms with E-state index >= 15 is 0 Å². The maximum absolute atomic E-state index is 12.0. The Hall–Kier alpha value is -1.11. The van der Waals surface area contributed by atoms with Crippen molar-refractivity contribution in [1.82, 2.24) is 9.62 Å². The Morgan fingerprint density at radius 1 is 1.20 bits per heavy atom. The monoisotopic (exact) mass is 297 g/mol. The minimum Gasteiger partial charge on any atom is -0.385 e. The van der Waals surface area contributed by atoms with Gasteiger partial charge in [-0.3, -0.25) is 0 Å². The van der Waals surface area contributed by atoms with E-state index in [4.69, 9.17) is 0 Å². The molecule has 20 heavy (non-hydrogen) atoms. The molecule has 2 N–H and O–H groups in total. The number of anilines is 1. The van der Waals surface area contributed by atoms with Crippen LogP contribution in [0.2, 0.25) is 0 Å². The van der Waals surface area contributed by atoms with Crippen molar-refractivity contribution in [2.24, 2.45) is 0 Å². The first-order valence-electron chi connectivity index (χ1n) is 6.98. The van der Waals surface area contributed by atoms with E-state index in [1.807, 2.05) is 26.2 Å². The normalized spacial score (nSPS) is 15.6.